The predicted octanol–water partition coefficient (Wildman–Crippen LogP) is 4.13. The molecule has 0 bridgehead atoms. The predicted molar refractivity (Wildman–Crippen MR) is 83.0 cm³/mol. The van der Waals surface area contributed by atoms with Crippen molar-refractivity contribution in [2.75, 3.05) is 0 Å². The molecule has 8 heteroatoms. The molecule has 2 rings (SSSR count). The lowest BCUT2D eigenvalue weighted by Gasteiger charge is -2.23. The van der Waals surface area contributed by atoms with Crippen LogP contribution in [-0.2, 0) is 9.53 Å². The smallest absolute Gasteiger partial charge is 0.444 e. The molecule has 0 heterocycles. The van der Waals surface area contributed by atoms with Crippen LogP contribution in [0.5, 0.6) is 5.75 Å². The van der Waals surface area contributed by atoms with E-state index in [9.17, 15) is 22.8 Å². The van der Waals surface area contributed by atoms with Gasteiger partial charge in [-0.25, -0.2) is 4.79 Å². The molecule has 1 aromatic rings. The summed E-state index contributed by atoms with van der Waals surface area (Å²) in [6.45, 7) is 5.06. The molecule has 0 aliphatic heterocycles. The van der Waals surface area contributed by atoms with Gasteiger partial charge in [-0.2, -0.15) is 0 Å². The molecule has 1 N–H and O–H groups in total. The molecule has 1 unspecified atom stereocenters. The Balaban J connectivity index is 2.15. The van der Waals surface area contributed by atoms with Crippen LogP contribution in [0.1, 0.15) is 45.2 Å². The third kappa shape index (κ3) is 6.28. The molecular weight excluding hydrogens is 339 g/mol. The molecule has 5 nitrogen and oxygen atoms in total. The van der Waals surface area contributed by atoms with Crippen LogP contribution in [-0.4, -0.2) is 23.8 Å². The lowest BCUT2D eigenvalue weighted by atomic mass is 10.00. The number of Topliss-reactive ketones (excluding diaryl/α,β-unsaturated/α-hetero) is 1. The Bertz CT molecular complexity index is 631. The van der Waals surface area contributed by atoms with E-state index in [-0.39, 0.29) is 11.7 Å². The van der Waals surface area contributed by atoms with E-state index in [2.05, 4.69) is 10.1 Å². The van der Waals surface area contributed by atoms with Gasteiger partial charge in [0.1, 0.15) is 17.4 Å². The maximum absolute atomic E-state index is 12.4. The van der Waals surface area contributed by atoms with Gasteiger partial charge in [-0.05, 0) is 51.3 Å². The Kier molecular flexibility index (Phi) is 5.29. The topological polar surface area (TPSA) is 64.6 Å². The molecule has 1 fully saturated rings. The number of ketones is 1. The average Bonchev–Trinajstić information content (AvgIpc) is 3.26. The summed E-state index contributed by atoms with van der Waals surface area (Å²) in [7, 11) is 0. The minimum Gasteiger partial charge on any atom is -0.444 e. The first-order valence-corrected chi connectivity index (χ1v) is 7.83. The van der Waals surface area contributed by atoms with E-state index >= 15 is 0 Å². The zero-order valence-corrected chi connectivity index (χ0v) is 14.1. The summed E-state index contributed by atoms with van der Waals surface area (Å²) in [6.07, 6.45) is -4.08. The van der Waals surface area contributed by atoms with Crippen molar-refractivity contribution in [3.05, 3.63) is 29.8 Å². The summed E-state index contributed by atoms with van der Waals surface area (Å²) in [5.74, 6) is -0.729. The number of alkyl halides is 3. The van der Waals surface area contributed by atoms with Gasteiger partial charge in [-0.3, -0.25) is 4.79 Å². The number of hydrogen-bond acceptors (Lipinski definition) is 4. The highest BCUT2D eigenvalue weighted by atomic mass is 19.4. The highest BCUT2D eigenvalue weighted by molar-refractivity contribution is 5.91. The normalized spacial score (nSPS) is 16.1. The molecule has 138 valence electrons. The fraction of sp³-hybridized carbons (Fsp3) is 0.529. The van der Waals surface area contributed by atoms with Crippen molar-refractivity contribution in [2.45, 2.75) is 51.6 Å². The van der Waals surface area contributed by atoms with Crippen molar-refractivity contribution >= 4 is 11.9 Å². The first kappa shape index (κ1) is 19.1. The monoisotopic (exact) mass is 359 g/mol. The number of nitrogens with one attached hydrogen (secondary N) is 1. The molecule has 1 atom stereocenters. The van der Waals surface area contributed by atoms with Crippen LogP contribution in [0.3, 0.4) is 0 Å². The lowest BCUT2D eigenvalue weighted by molar-refractivity contribution is -0.274. The number of benzene rings is 1. The van der Waals surface area contributed by atoms with Gasteiger partial charge in [0.25, 0.3) is 0 Å². The fourth-order valence-electron chi connectivity index (χ4n) is 2.21. The number of hydrogen-bond donors (Lipinski definition) is 1. The van der Waals surface area contributed by atoms with E-state index in [1.165, 1.54) is 12.1 Å². The van der Waals surface area contributed by atoms with Crippen LogP contribution >= 0.6 is 0 Å². The van der Waals surface area contributed by atoms with E-state index < -0.39 is 29.8 Å². The van der Waals surface area contributed by atoms with Crippen molar-refractivity contribution in [3.63, 3.8) is 0 Å². The molecule has 1 saturated carbocycles. The zero-order valence-electron chi connectivity index (χ0n) is 14.1. The van der Waals surface area contributed by atoms with E-state index in [4.69, 9.17) is 4.74 Å². The van der Waals surface area contributed by atoms with Crippen LogP contribution in [0.4, 0.5) is 18.0 Å². The maximum atomic E-state index is 12.4. The summed E-state index contributed by atoms with van der Waals surface area (Å²) in [5.41, 5.74) is -0.362. The quantitative estimate of drug-likeness (QED) is 0.859. The first-order valence-electron chi connectivity index (χ1n) is 7.83. The number of carbonyl (C=O) groups is 2. The molecule has 0 saturated heterocycles. The highest BCUT2D eigenvalue weighted by Crippen LogP contribution is 2.35. The second kappa shape index (κ2) is 6.93. The number of amides is 1. The number of halogens is 3. The average molecular weight is 359 g/mol. The molecule has 1 aromatic carbocycles. The van der Waals surface area contributed by atoms with Crippen LogP contribution < -0.4 is 10.1 Å². The lowest BCUT2D eigenvalue weighted by Crippen LogP contribution is -2.38. The van der Waals surface area contributed by atoms with Crippen LogP contribution in [0.15, 0.2) is 24.3 Å². The third-order valence-electron chi connectivity index (χ3n) is 3.37. The van der Waals surface area contributed by atoms with Gasteiger partial charge >= 0.3 is 12.5 Å². The van der Waals surface area contributed by atoms with Gasteiger partial charge < -0.3 is 14.8 Å². The second-order valence-corrected chi connectivity index (χ2v) is 6.87. The number of carbonyl (C=O) groups excluding carboxylic acids is 2. The highest BCUT2D eigenvalue weighted by Gasteiger charge is 2.37. The zero-order chi connectivity index (χ0) is 18.8. The maximum Gasteiger partial charge on any atom is 0.573 e. The number of ether oxygens (including phenoxy) is 2. The molecule has 0 spiro atoms. The standard InChI is InChI=1S/C17H20F3NO4/c1-16(2,3)25-15(23)21-13(14(22)11-4-5-11)10-6-8-12(9-7-10)24-17(18,19)20/h6-9,11,13H,4-5H2,1-3H3,(H,21,23). The molecule has 0 aromatic heterocycles. The van der Waals surface area contributed by atoms with Gasteiger partial charge in [-0.1, -0.05) is 12.1 Å². The minimum atomic E-state index is -4.79. The van der Waals surface area contributed by atoms with Gasteiger partial charge in [0.05, 0.1) is 0 Å². The molecule has 25 heavy (non-hydrogen) atoms. The van der Waals surface area contributed by atoms with Crippen molar-refractivity contribution in [1.29, 1.82) is 0 Å². The Morgan fingerprint density at radius 3 is 2.12 bits per heavy atom. The van der Waals surface area contributed by atoms with Crippen molar-refractivity contribution in [1.82, 2.24) is 5.32 Å². The van der Waals surface area contributed by atoms with Gasteiger partial charge in [0.15, 0.2) is 5.78 Å². The van der Waals surface area contributed by atoms with Gasteiger partial charge in [0, 0.05) is 5.92 Å². The fourth-order valence-corrected chi connectivity index (χ4v) is 2.21. The summed E-state index contributed by atoms with van der Waals surface area (Å²) in [6, 6.07) is 3.88. The first-order chi connectivity index (χ1) is 11.4. The Morgan fingerprint density at radius 1 is 1.12 bits per heavy atom. The van der Waals surface area contributed by atoms with Crippen LogP contribution in [0.25, 0.3) is 0 Å². The molecule has 1 aliphatic rings. The molecule has 1 aliphatic carbocycles. The van der Waals surface area contributed by atoms with Crippen molar-refractivity contribution in [3.8, 4) is 5.75 Å². The van der Waals surface area contributed by atoms with Gasteiger partial charge in [0.2, 0.25) is 0 Å². The summed E-state index contributed by atoms with van der Waals surface area (Å²) < 4.78 is 45.6. The van der Waals surface area contributed by atoms with Crippen molar-refractivity contribution in [2.24, 2.45) is 5.92 Å². The Morgan fingerprint density at radius 2 is 1.68 bits per heavy atom. The number of alkyl carbamates (subject to hydrolysis) is 1. The molecule has 0 radical (unpaired) electrons. The largest absolute Gasteiger partial charge is 0.573 e. The van der Waals surface area contributed by atoms with Gasteiger partial charge in [-0.15, -0.1) is 13.2 Å². The van der Waals surface area contributed by atoms with Crippen LogP contribution in [0.2, 0.25) is 0 Å². The minimum absolute atomic E-state index is 0.147. The summed E-state index contributed by atoms with van der Waals surface area (Å²) in [4.78, 5) is 24.4. The molecule has 1 amide bonds. The Labute approximate surface area is 143 Å². The summed E-state index contributed by atoms with van der Waals surface area (Å²) in [5, 5.41) is 2.50. The summed E-state index contributed by atoms with van der Waals surface area (Å²) >= 11 is 0. The van der Waals surface area contributed by atoms with E-state index in [1.807, 2.05) is 0 Å². The van der Waals surface area contributed by atoms with E-state index in [0.717, 1.165) is 25.0 Å². The molecular formula is C17H20F3NO4. The SMILES string of the molecule is CC(C)(C)OC(=O)NC(C(=O)C1CC1)c1ccc(OC(F)(F)F)cc1. The van der Waals surface area contributed by atoms with E-state index in [0.29, 0.717) is 5.56 Å². The second-order valence-electron chi connectivity index (χ2n) is 6.87. The van der Waals surface area contributed by atoms with Crippen LogP contribution in [0, 0.1) is 5.92 Å². The van der Waals surface area contributed by atoms with Crippen molar-refractivity contribution < 1.29 is 32.2 Å². The Hall–Kier alpha value is -2.25. The third-order valence-corrected chi connectivity index (χ3v) is 3.37. The number of rotatable bonds is 5. The van der Waals surface area contributed by atoms with E-state index in [1.54, 1.807) is 20.8 Å².